The van der Waals surface area contributed by atoms with Gasteiger partial charge in [0.25, 0.3) is 0 Å². The van der Waals surface area contributed by atoms with Gasteiger partial charge in [0.15, 0.2) is 0 Å². The van der Waals surface area contributed by atoms with Crippen LogP contribution in [0.5, 0.6) is 0 Å². The van der Waals surface area contributed by atoms with Crippen LogP contribution in [0.1, 0.15) is 0 Å². The van der Waals surface area contributed by atoms with E-state index >= 15 is 0 Å². The molecular formula is C35H23N3. The fraction of sp³-hybridized carbons (Fsp3) is 0. The highest BCUT2D eigenvalue weighted by Gasteiger charge is 2.15. The van der Waals surface area contributed by atoms with E-state index in [2.05, 4.69) is 137 Å². The Balaban J connectivity index is 1.34. The van der Waals surface area contributed by atoms with Crippen LogP contribution >= 0.6 is 0 Å². The van der Waals surface area contributed by atoms with Crippen LogP contribution in [0.3, 0.4) is 0 Å². The van der Waals surface area contributed by atoms with Gasteiger partial charge in [-0.2, -0.15) is 0 Å². The maximum absolute atomic E-state index is 4.70. The Bertz CT molecular complexity index is 2080. The third-order valence-corrected chi connectivity index (χ3v) is 7.55. The summed E-state index contributed by atoms with van der Waals surface area (Å²) < 4.78 is 4.68. The van der Waals surface area contributed by atoms with E-state index in [-0.39, 0.29) is 0 Å². The fourth-order valence-corrected chi connectivity index (χ4v) is 5.89. The molecule has 3 heteroatoms. The molecular weight excluding hydrogens is 462 g/mol. The van der Waals surface area contributed by atoms with E-state index in [0.717, 1.165) is 16.7 Å². The zero-order chi connectivity index (χ0) is 25.1. The minimum atomic E-state index is 1.03. The molecule has 8 aromatic rings. The van der Waals surface area contributed by atoms with Crippen LogP contribution in [0.25, 0.3) is 66.2 Å². The van der Waals surface area contributed by atoms with Gasteiger partial charge in [0.1, 0.15) is 0 Å². The lowest BCUT2D eigenvalue weighted by molar-refractivity contribution is 1.17. The van der Waals surface area contributed by atoms with E-state index in [1.807, 2.05) is 12.3 Å². The average Bonchev–Trinajstić information content (AvgIpc) is 3.50. The van der Waals surface area contributed by atoms with Gasteiger partial charge in [0, 0.05) is 33.7 Å². The molecule has 8 rings (SSSR count). The van der Waals surface area contributed by atoms with Gasteiger partial charge in [-0.15, -0.1) is 0 Å². The van der Waals surface area contributed by atoms with Crippen LogP contribution in [0.4, 0.5) is 0 Å². The molecule has 3 aromatic heterocycles. The van der Waals surface area contributed by atoms with Gasteiger partial charge in [0.2, 0.25) is 0 Å². The third kappa shape index (κ3) is 3.06. The number of benzene rings is 5. The highest BCUT2D eigenvalue weighted by Crippen LogP contribution is 2.36. The Labute approximate surface area is 219 Å². The summed E-state index contributed by atoms with van der Waals surface area (Å²) >= 11 is 0. The average molecular weight is 486 g/mol. The molecule has 3 nitrogen and oxygen atoms in total. The molecule has 5 aromatic carbocycles. The summed E-state index contributed by atoms with van der Waals surface area (Å²) in [5.74, 6) is 0. The van der Waals surface area contributed by atoms with Crippen LogP contribution in [0.2, 0.25) is 0 Å². The third-order valence-electron chi connectivity index (χ3n) is 7.55. The molecule has 0 aliphatic heterocycles. The molecule has 0 saturated carbocycles. The molecule has 0 amide bonds. The van der Waals surface area contributed by atoms with Gasteiger partial charge >= 0.3 is 0 Å². The van der Waals surface area contributed by atoms with E-state index < -0.39 is 0 Å². The van der Waals surface area contributed by atoms with Crippen molar-refractivity contribution in [1.82, 2.24) is 14.1 Å². The van der Waals surface area contributed by atoms with E-state index in [9.17, 15) is 0 Å². The van der Waals surface area contributed by atoms with Crippen molar-refractivity contribution in [3.8, 4) is 22.5 Å². The highest BCUT2D eigenvalue weighted by atomic mass is 15.0. The molecule has 0 spiro atoms. The number of fused-ring (bicyclic) bond motifs is 6. The van der Waals surface area contributed by atoms with Crippen molar-refractivity contribution < 1.29 is 0 Å². The summed E-state index contributed by atoms with van der Waals surface area (Å²) in [7, 11) is 0. The molecule has 0 saturated heterocycles. The van der Waals surface area contributed by atoms with Gasteiger partial charge in [-0.3, -0.25) is 4.98 Å². The van der Waals surface area contributed by atoms with Gasteiger partial charge < -0.3 is 9.13 Å². The van der Waals surface area contributed by atoms with E-state index in [1.54, 1.807) is 0 Å². The topological polar surface area (TPSA) is 22.8 Å². The lowest BCUT2D eigenvalue weighted by atomic mass is 10.0. The zero-order valence-corrected chi connectivity index (χ0v) is 20.6. The maximum atomic E-state index is 4.70. The SMILES string of the molecule is c1ccc(-n2c3ccccc3c3cc(-c4cccc(-n5c6ccccc6c6ncccc65)c4)ccc32)cc1. The summed E-state index contributed by atoms with van der Waals surface area (Å²) in [5, 5.41) is 3.69. The Morgan fingerprint density at radius 1 is 0.395 bits per heavy atom. The van der Waals surface area contributed by atoms with E-state index in [0.29, 0.717) is 0 Å². The number of para-hydroxylation sites is 3. The molecule has 0 aliphatic rings. The van der Waals surface area contributed by atoms with Crippen LogP contribution in [-0.2, 0) is 0 Å². The van der Waals surface area contributed by atoms with Crippen molar-refractivity contribution >= 4 is 43.7 Å². The lowest BCUT2D eigenvalue weighted by Crippen LogP contribution is -1.94. The monoisotopic (exact) mass is 485 g/mol. The molecule has 0 atom stereocenters. The number of rotatable bonds is 3. The van der Waals surface area contributed by atoms with Gasteiger partial charge in [-0.25, -0.2) is 0 Å². The van der Waals surface area contributed by atoms with Gasteiger partial charge in [-0.1, -0.05) is 72.8 Å². The first-order chi connectivity index (χ1) is 18.9. The quantitative estimate of drug-likeness (QED) is 0.245. The fourth-order valence-electron chi connectivity index (χ4n) is 5.89. The van der Waals surface area contributed by atoms with Crippen molar-refractivity contribution in [2.24, 2.45) is 0 Å². The van der Waals surface area contributed by atoms with Crippen molar-refractivity contribution in [3.63, 3.8) is 0 Å². The summed E-state index contributed by atoms with van der Waals surface area (Å²) in [6.45, 7) is 0. The Morgan fingerprint density at radius 2 is 1.03 bits per heavy atom. The van der Waals surface area contributed by atoms with Crippen LogP contribution < -0.4 is 0 Å². The van der Waals surface area contributed by atoms with Crippen molar-refractivity contribution in [1.29, 1.82) is 0 Å². The van der Waals surface area contributed by atoms with Crippen LogP contribution in [0.15, 0.2) is 140 Å². The smallest absolute Gasteiger partial charge is 0.0963 e. The van der Waals surface area contributed by atoms with Crippen LogP contribution in [0, 0.1) is 0 Å². The van der Waals surface area contributed by atoms with Crippen molar-refractivity contribution in [2.75, 3.05) is 0 Å². The molecule has 0 fully saturated rings. The zero-order valence-electron chi connectivity index (χ0n) is 20.6. The summed E-state index contributed by atoms with van der Waals surface area (Å²) in [5.41, 5.74) is 10.4. The normalized spacial score (nSPS) is 11.7. The Hall–Kier alpha value is -5.15. The summed E-state index contributed by atoms with van der Waals surface area (Å²) in [6, 6.07) is 47.6. The largest absolute Gasteiger partial charge is 0.309 e. The van der Waals surface area contributed by atoms with Crippen LogP contribution in [-0.4, -0.2) is 14.1 Å². The van der Waals surface area contributed by atoms with E-state index in [4.69, 9.17) is 4.98 Å². The standard InChI is InChI=1S/C35H23N3/c1-2-11-26(12-3-1)37-31-16-6-4-14-28(31)30-23-25(19-20-33(30)37)24-10-8-13-27(22-24)38-32-17-7-5-15-29(32)35-34(38)18-9-21-36-35/h1-23H. The van der Waals surface area contributed by atoms with Gasteiger partial charge in [0.05, 0.1) is 27.6 Å². The summed E-state index contributed by atoms with van der Waals surface area (Å²) in [6.07, 6.45) is 1.87. The molecule has 0 aliphatic carbocycles. The first-order valence-electron chi connectivity index (χ1n) is 12.9. The minimum absolute atomic E-state index is 1.03. The predicted octanol–water partition coefficient (Wildman–Crippen LogP) is 8.94. The summed E-state index contributed by atoms with van der Waals surface area (Å²) in [4.78, 5) is 4.70. The molecule has 178 valence electrons. The molecule has 0 N–H and O–H groups in total. The molecule has 3 heterocycles. The number of nitrogens with zero attached hydrogens (tertiary/aromatic N) is 3. The van der Waals surface area contributed by atoms with E-state index in [1.165, 1.54) is 49.5 Å². The second-order valence-corrected chi connectivity index (χ2v) is 9.69. The molecule has 0 radical (unpaired) electrons. The van der Waals surface area contributed by atoms with Gasteiger partial charge in [-0.05, 0) is 71.8 Å². The number of aromatic nitrogens is 3. The Morgan fingerprint density at radius 3 is 1.89 bits per heavy atom. The predicted molar refractivity (Wildman–Crippen MR) is 158 cm³/mol. The van der Waals surface area contributed by atoms with Crippen molar-refractivity contribution in [2.45, 2.75) is 0 Å². The number of pyridine rings is 1. The molecule has 38 heavy (non-hydrogen) atoms. The van der Waals surface area contributed by atoms with Crippen molar-refractivity contribution in [3.05, 3.63) is 140 Å². The molecule has 0 unspecified atom stereocenters. The lowest BCUT2D eigenvalue weighted by Gasteiger charge is -2.11. The molecule has 0 bridgehead atoms. The minimum Gasteiger partial charge on any atom is -0.309 e. The highest BCUT2D eigenvalue weighted by molar-refractivity contribution is 6.10. The first-order valence-corrected chi connectivity index (χ1v) is 12.9. The second-order valence-electron chi connectivity index (χ2n) is 9.69. The number of hydrogen-bond donors (Lipinski definition) is 0. The second kappa shape index (κ2) is 8.19. The first kappa shape index (κ1) is 21.0. The Kier molecular flexibility index (Phi) is 4.52. The number of hydrogen-bond acceptors (Lipinski definition) is 1. The maximum Gasteiger partial charge on any atom is 0.0963 e.